The Hall–Kier alpha value is -3.93. The number of rotatable bonds is 7. The molecule has 0 saturated carbocycles. The van der Waals surface area contributed by atoms with Crippen LogP contribution in [0.1, 0.15) is 39.1 Å². The number of carbonyl (C=O) groups excluding carboxylic acids is 3. The zero-order valence-electron chi connectivity index (χ0n) is 17.7. The second kappa shape index (κ2) is 9.92. The molecule has 0 unspecified atom stereocenters. The molecule has 1 heterocycles. The molecule has 162 valence electrons. The first kappa shape index (κ1) is 21.3. The summed E-state index contributed by atoms with van der Waals surface area (Å²) in [6, 6.07) is 23.8. The van der Waals surface area contributed by atoms with Crippen LogP contribution in [-0.2, 0) is 11.2 Å². The molecule has 0 spiro atoms. The lowest BCUT2D eigenvalue weighted by molar-refractivity contribution is -0.117. The van der Waals surface area contributed by atoms with E-state index in [0.29, 0.717) is 36.3 Å². The van der Waals surface area contributed by atoms with E-state index in [-0.39, 0.29) is 17.7 Å². The Bertz CT molecular complexity index is 1110. The van der Waals surface area contributed by atoms with Gasteiger partial charge in [-0.2, -0.15) is 0 Å². The van der Waals surface area contributed by atoms with Gasteiger partial charge in [-0.1, -0.05) is 42.5 Å². The van der Waals surface area contributed by atoms with Crippen molar-refractivity contribution in [2.24, 2.45) is 0 Å². The predicted molar refractivity (Wildman–Crippen MR) is 125 cm³/mol. The second-order valence-corrected chi connectivity index (χ2v) is 7.69. The van der Waals surface area contributed by atoms with Crippen LogP contribution in [0.5, 0.6) is 0 Å². The number of nitrogens with one attached hydrogen (secondary N) is 2. The molecule has 1 aliphatic rings. The van der Waals surface area contributed by atoms with Gasteiger partial charge in [-0.15, -0.1) is 0 Å². The SMILES string of the molecule is O=C(Nc1ccccc1C(=O)NCCc1ccccc1)c1ccc(N2CCCC2=O)cc1. The Morgan fingerprint density at radius 2 is 1.56 bits per heavy atom. The smallest absolute Gasteiger partial charge is 0.255 e. The maximum atomic E-state index is 12.8. The van der Waals surface area contributed by atoms with E-state index in [4.69, 9.17) is 0 Å². The van der Waals surface area contributed by atoms with Crippen molar-refractivity contribution >= 4 is 29.1 Å². The van der Waals surface area contributed by atoms with E-state index in [0.717, 1.165) is 24.1 Å². The van der Waals surface area contributed by atoms with E-state index in [1.54, 1.807) is 53.4 Å². The summed E-state index contributed by atoms with van der Waals surface area (Å²) in [5.74, 6) is -0.442. The summed E-state index contributed by atoms with van der Waals surface area (Å²) in [7, 11) is 0. The highest BCUT2D eigenvalue weighted by atomic mass is 16.2. The van der Waals surface area contributed by atoms with E-state index in [9.17, 15) is 14.4 Å². The van der Waals surface area contributed by atoms with E-state index >= 15 is 0 Å². The molecule has 0 bridgehead atoms. The van der Waals surface area contributed by atoms with Crippen LogP contribution in [-0.4, -0.2) is 30.8 Å². The highest BCUT2D eigenvalue weighted by Crippen LogP contribution is 2.22. The van der Waals surface area contributed by atoms with Crippen LogP contribution in [0, 0.1) is 0 Å². The van der Waals surface area contributed by atoms with E-state index < -0.39 is 0 Å². The first-order valence-corrected chi connectivity index (χ1v) is 10.7. The minimum absolute atomic E-state index is 0.106. The molecule has 6 nitrogen and oxygen atoms in total. The summed E-state index contributed by atoms with van der Waals surface area (Å²) in [5, 5.41) is 5.75. The first-order chi connectivity index (χ1) is 15.6. The van der Waals surface area contributed by atoms with Crippen LogP contribution in [0.3, 0.4) is 0 Å². The summed E-state index contributed by atoms with van der Waals surface area (Å²) >= 11 is 0. The Morgan fingerprint density at radius 3 is 2.28 bits per heavy atom. The average Bonchev–Trinajstić information content (AvgIpc) is 3.26. The lowest BCUT2D eigenvalue weighted by Crippen LogP contribution is -2.27. The first-order valence-electron chi connectivity index (χ1n) is 10.7. The maximum Gasteiger partial charge on any atom is 0.255 e. The molecule has 3 amide bonds. The maximum absolute atomic E-state index is 12.8. The molecule has 0 aliphatic carbocycles. The van der Waals surface area contributed by atoms with E-state index in [2.05, 4.69) is 10.6 Å². The minimum Gasteiger partial charge on any atom is -0.352 e. The van der Waals surface area contributed by atoms with Gasteiger partial charge < -0.3 is 15.5 Å². The number of nitrogens with zero attached hydrogens (tertiary/aromatic N) is 1. The Kier molecular flexibility index (Phi) is 6.60. The van der Waals surface area contributed by atoms with Gasteiger partial charge >= 0.3 is 0 Å². The zero-order chi connectivity index (χ0) is 22.3. The van der Waals surface area contributed by atoms with Gasteiger partial charge in [0.25, 0.3) is 11.8 Å². The van der Waals surface area contributed by atoms with Crippen molar-refractivity contribution in [3.05, 3.63) is 95.6 Å². The van der Waals surface area contributed by atoms with Crippen molar-refractivity contribution in [1.82, 2.24) is 5.32 Å². The van der Waals surface area contributed by atoms with Crippen molar-refractivity contribution in [1.29, 1.82) is 0 Å². The predicted octanol–water partition coefficient (Wildman–Crippen LogP) is 4.04. The third-order valence-corrected chi connectivity index (χ3v) is 5.48. The van der Waals surface area contributed by atoms with Gasteiger partial charge in [0.2, 0.25) is 5.91 Å². The van der Waals surface area contributed by atoms with Crippen molar-refractivity contribution in [2.75, 3.05) is 23.3 Å². The van der Waals surface area contributed by atoms with Gasteiger partial charge in [0.05, 0.1) is 11.3 Å². The molecule has 2 N–H and O–H groups in total. The van der Waals surface area contributed by atoms with Crippen LogP contribution < -0.4 is 15.5 Å². The van der Waals surface area contributed by atoms with Crippen molar-refractivity contribution < 1.29 is 14.4 Å². The van der Waals surface area contributed by atoms with Gasteiger partial charge in [0, 0.05) is 30.8 Å². The lowest BCUT2D eigenvalue weighted by Gasteiger charge is -2.16. The third kappa shape index (κ3) is 5.03. The van der Waals surface area contributed by atoms with Gasteiger partial charge in [-0.05, 0) is 54.8 Å². The van der Waals surface area contributed by atoms with Crippen LogP contribution in [0.15, 0.2) is 78.9 Å². The number of anilines is 2. The van der Waals surface area contributed by atoms with E-state index in [1.165, 1.54) is 0 Å². The van der Waals surface area contributed by atoms with Crippen LogP contribution >= 0.6 is 0 Å². The molecule has 0 radical (unpaired) electrons. The Balaban J connectivity index is 1.39. The van der Waals surface area contributed by atoms with Crippen molar-refractivity contribution in [3.63, 3.8) is 0 Å². The molecular formula is C26H25N3O3. The molecule has 0 aromatic heterocycles. The van der Waals surface area contributed by atoms with Gasteiger partial charge in [-0.3, -0.25) is 14.4 Å². The van der Waals surface area contributed by atoms with Crippen LogP contribution in [0.25, 0.3) is 0 Å². The monoisotopic (exact) mass is 427 g/mol. The summed E-state index contributed by atoms with van der Waals surface area (Å²) < 4.78 is 0. The minimum atomic E-state index is -0.311. The number of para-hydroxylation sites is 1. The number of hydrogen-bond acceptors (Lipinski definition) is 3. The van der Waals surface area contributed by atoms with Crippen LogP contribution in [0.2, 0.25) is 0 Å². The summed E-state index contributed by atoms with van der Waals surface area (Å²) in [4.78, 5) is 39.1. The number of amides is 3. The summed E-state index contributed by atoms with van der Waals surface area (Å²) in [6.07, 6.45) is 2.14. The van der Waals surface area contributed by atoms with Crippen molar-refractivity contribution in [3.8, 4) is 0 Å². The molecular weight excluding hydrogens is 402 g/mol. The quantitative estimate of drug-likeness (QED) is 0.597. The fourth-order valence-electron chi connectivity index (χ4n) is 3.76. The molecule has 3 aromatic rings. The Morgan fingerprint density at radius 1 is 0.844 bits per heavy atom. The standard InChI is InChI=1S/C26H25N3O3/c30-24-11-6-18-29(24)21-14-12-20(13-15-21)25(31)28-23-10-5-4-9-22(23)26(32)27-17-16-19-7-2-1-3-8-19/h1-5,7-10,12-15H,6,11,16-18H2,(H,27,32)(H,28,31). The molecule has 1 aliphatic heterocycles. The lowest BCUT2D eigenvalue weighted by atomic mass is 10.1. The van der Waals surface area contributed by atoms with Crippen LogP contribution in [0.4, 0.5) is 11.4 Å². The highest BCUT2D eigenvalue weighted by Gasteiger charge is 2.22. The fourth-order valence-corrected chi connectivity index (χ4v) is 3.76. The van der Waals surface area contributed by atoms with Gasteiger partial charge in [-0.25, -0.2) is 0 Å². The topological polar surface area (TPSA) is 78.5 Å². The fraction of sp³-hybridized carbons (Fsp3) is 0.192. The molecule has 0 atom stereocenters. The zero-order valence-corrected chi connectivity index (χ0v) is 17.7. The van der Waals surface area contributed by atoms with Crippen molar-refractivity contribution in [2.45, 2.75) is 19.3 Å². The van der Waals surface area contributed by atoms with Gasteiger partial charge in [0.1, 0.15) is 0 Å². The summed E-state index contributed by atoms with van der Waals surface area (Å²) in [5.41, 5.74) is 3.26. The third-order valence-electron chi connectivity index (χ3n) is 5.48. The highest BCUT2D eigenvalue weighted by molar-refractivity contribution is 6.09. The van der Waals surface area contributed by atoms with Gasteiger partial charge in [0.15, 0.2) is 0 Å². The largest absolute Gasteiger partial charge is 0.352 e. The number of benzene rings is 3. The molecule has 32 heavy (non-hydrogen) atoms. The van der Waals surface area contributed by atoms with E-state index in [1.807, 2.05) is 30.3 Å². The number of carbonyl (C=O) groups is 3. The second-order valence-electron chi connectivity index (χ2n) is 7.69. The average molecular weight is 428 g/mol. The number of hydrogen-bond donors (Lipinski definition) is 2. The normalized spacial score (nSPS) is 13.1. The molecule has 1 saturated heterocycles. The summed E-state index contributed by atoms with van der Waals surface area (Å²) in [6.45, 7) is 1.21. The molecule has 4 rings (SSSR count). The molecule has 6 heteroatoms. The molecule has 1 fully saturated rings. The Labute approximate surface area is 187 Å². The molecule has 3 aromatic carbocycles.